The molecule has 0 radical (unpaired) electrons. The first-order chi connectivity index (χ1) is 8.65. The van der Waals surface area contributed by atoms with Gasteiger partial charge in [-0.2, -0.15) is 0 Å². The van der Waals surface area contributed by atoms with Crippen molar-refractivity contribution in [3.8, 4) is 5.75 Å². The Bertz CT molecular complexity index is 491. The second-order valence-electron chi connectivity index (χ2n) is 4.05. The Morgan fingerprint density at radius 2 is 2.22 bits per heavy atom. The molecule has 2 rings (SSSR count). The summed E-state index contributed by atoms with van der Waals surface area (Å²) in [5.41, 5.74) is 2.36. The quantitative estimate of drug-likeness (QED) is 0.770. The Balaban J connectivity index is 2.39. The van der Waals surface area contributed by atoms with E-state index in [0.29, 0.717) is 17.9 Å². The number of carbonyl (C=O) groups excluding carboxylic acids is 1. The first-order valence-corrected chi connectivity index (χ1v) is 5.84. The van der Waals surface area contributed by atoms with Gasteiger partial charge in [-0.1, -0.05) is 11.6 Å². The van der Waals surface area contributed by atoms with E-state index in [9.17, 15) is 4.79 Å². The Morgan fingerprint density at radius 1 is 1.44 bits per heavy atom. The van der Waals surface area contributed by atoms with Crippen LogP contribution in [0.25, 0.3) is 6.08 Å². The van der Waals surface area contributed by atoms with Gasteiger partial charge in [0.25, 0.3) is 0 Å². The van der Waals surface area contributed by atoms with Crippen LogP contribution in [0.1, 0.15) is 18.1 Å². The monoisotopic (exact) mass is 248 g/mol. The Kier molecular flexibility index (Phi) is 3.67. The van der Waals surface area contributed by atoms with Crippen LogP contribution in [0.15, 0.2) is 23.8 Å². The van der Waals surface area contributed by atoms with Crippen LogP contribution >= 0.6 is 0 Å². The molecule has 1 heterocycles. The molecule has 96 valence electrons. The Labute approximate surface area is 106 Å². The summed E-state index contributed by atoms with van der Waals surface area (Å²) in [6, 6.07) is 5.78. The number of benzene rings is 1. The highest BCUT2D eigenvalue weighted by Crippen LogP contribution is 2.31. The predicted octanol–water partition coefficient (Wildman–Crippen LogP) is 2.31. The fourth-order valence-electron chi connectivity index (χ4n) is 1.85. The summed E-state index contributed by atoms with van der Waals surface area (Å²) in [7, 11) is 1.50. The third kappa shape index (κ3) is 2.38. The van der Waals surface area contributed by atoms with Crippen LogP contribution in [-0.2, 0) is 14.3 Å². The summed E-state index contributed by atoms with van der Waals surface area (Å²) in [6.45, 7) is 4.08. The molecule has 1 unspecified atom stereocenters. The zero-order valence-electron chi connectivity index (χ0n) is 10.7. The number of esters is 1. The highest BCUT2D eigenvalue weighted by molar-refractivity contribution is 5.95. The summed E-state index contributed by atoms with van der Waals surface area (Å²) < 4.78 is 15.8. The lowest BCUT2D eigenvalue weighted by Gasteiger charge is -2.25. The maximum Gasteiger partial charge on any atom is 0.340 e. The number of hydrogen-bond donors (Lipinski definition) is 0. The maximum absolute atomic E-state index is 11.8. The number of methoxy groups -OCH3 is 1. The van der Waals surface area contributed by atoms with Crippen molar-refractivity contribution in [2.75, 3.05) is 13.7 Å². The zero-order chi connectivity index (χ0) is 13.1. The summed E-state index contributed by atoms with van der Waals surface area (Å²) in [5.74, 6) is 0.303. The molecule has 1 aliphatic rings. The van der Waals surface area contributed by atoms with Gasteiger partial charge in [0.1, 0.15) is 11.3 Å². The molecular formula is C14H16O4. The number of rotatable bonds is 3. The van der Waals surface area contributed by atoms with Gasteiger partial charge in [0, 0.05) is 12.7 Å². The summed E-state index contributed by atoms with van der Waals surface area (Å²) >= 11 is 0. The molecule has 4 heteroatoms. The summed E-state index contributed by atoms with van der Waals surface area (Å²) in [4.78, 5) is 11.8. The second-order valence-corrected chi connectivity index (χ2v) is 4.05. The first-order valence-electron chi connectivity index (χ1n) is 5.84. The average molecular weight is 248 g/mol. The van der Waals surface area contributed by atoms with Gasteiger partial charge in [-0.15, -0.1) is 0 Å². The van der Waals surface area contributed by atoms with Gasteiger partial charge in [-0.05, 0) is 32.1 Å². The normalized spacial score (nSPS) is 17.5. The van der Waals surface area contributed by atoms with Crippen LogP contribution in [0.4, 0.5) is 0 Å². The van der Waals surface area contributed by atoms with Crippen LogP contribution in [-0.4, -0.2) is 26.0 Å². The van der Waals surface area contributed by atoms with Crippen molar-refractivity contribution >= 4 is 12.0 Å². The molecule has 1 aliphatic heterocycles. The summed E-state index contributed by atoms with van der Waals surface area (Å²) in [5, 5.41) is 0. The van der Waals surface area contributed by atoms with Gasteiger partial charge in [-0.25, -0.2) is 4.79 Å². The van der Waals surface area contributed by atoms with E-state index in [1.807, 2.05) is 25.1 Å². The van der Waals surface area contributed by atoms with Crippen molar-refractivity contribution in [2.45, 2.75) is 20.1 Å². The molecule has 4 nitrogen and oxygen atoms in total. The van der Waals surface area contributed by atoms with Crippen molar-refractivity contribution in [1.82, 2.24) is 0 Å². The third-order valence-corrected chi connectivity index (χ3v) is 2.69. The second kappa shape index (κ2) is 5.23. The van der Waals surface area contributed by atoms with Crippen molar-refractivity contribution in [1.29, 1.82) is 0 Å². The zero-order valence-corrected chi connectivity index (χ0v) is 10.7. The molecule has 0 saturated heterocycles. The number of carbonyl (C=O) groups is 1. The molecule has 0 saturated carbocycles. The average Bonchev–Trinajstić information content (AvgIpc) is 2.37. The lowest BCUT2D eigenvalue weighted by molar-refractivity contribution is -0.142. The molecule has 0 amide bonds. The maximum atomic E-state index is 11.8. The van der Waals surface area contributed by atoms with Gasteiger partial charge in [0.15, 0.2) is 0 Å². The van der Waals surface area contributed by atoms with Crippen LogP contribution in [0.2, 0.25) is 0 Å². The van der Waals surface area contributed by atoms with E-state index in [1.54, 1.807) is 13.0 Å². The minimum absolute atomic E-state index is 0.327. The van der Waals surface area contributed by atoms with Crippen molar-refractivity contribution in [3.05, 3.63) is 34.9 Å². The standard InChI is InChI=1S/C14H16O4/c1-4-17-13(15)11-8-10-7-9(2)5-6-12(10)18-14(11)16-3/h5-8,14H,4H2,1-3H3. The number of fused-ring (bicyclic) bond motifs is 1. The smallest absolute Gasteiger partial charge is 0.340 e. The van der Waals surface area contributed by atoms with Crippen LogP contribution in [0.5, 0.6) is 5.75 Å². The molecule has 0 fully saturated rings. The van der Waals surface area contributed by atoms with E-state index in [1.165, 1.54) is 7.11 Å². The molecule has 1 atom stereocenters. The first kappa shape index (κ1) is 12.6. The van der Waals surface area contributed by atoms with E-state index >= 15 is 0 Å². The number of ether oxygens (including phenoxy) is 3. The molecule has 0 bridgehead atoms. The van der Waals surface area contributed by atoms with Gasteiger partial charge >= 0.3 is 5.97 Å². The lowest BCUT2D eigenvalue weighted by Crippen LogP contribution is -2.30. The topological polar surface area (TPSA) is 44.8 Å². The Hall–Kier alpha value is -1.81. The molecule has 0 N–H and O–H groups in total. The van der Waals surface area contributed by atoms with E-state index in [4.69, 9.17) is 14.2 Å². The fraction of sp³-hybridized carbons (Fsp3) is 0.357. The van der Waals surface area contributed by atoms with Crippen LogP contribution in [0, 0.1) is 6.92 Å². The van der Waals surface area contributed by atoms with Crippen LogP contribution in [0.3, 0.4) is 0 Å². The molecule has 0 spiro atoms. The largest absolute Gasteiger partial charge is 0.462 e. The van der Waals surface area contributed by atoms with Crippen molar-refractivity contribution in [3.63, 3.8) is 0 Å². The summed E-state index contributed by atoms with van der Waals surface area (Å²) in [6.07, 6.45) is 1.05. The van der Waals surface area contributed by atoms with Crippen LogP contribution < -0.4 is 4.74 Å². The minimum Gasteiger partial charge on any atom is -0.462 e. The van der Waals surface area contributed by atoms with E-state index < -0.39 is 12.3 Å². The van der Waals surface area contributed by atoms with Gasteiger partial charge in [0.05, 0.1) is 6.61 Å². The molecule has 1 aromatic rings. The molecule has 1 aromatic carbocycles. The van der Waals surface area contributed by atoms with E-state index in [2.05, 4.69) is 0 Å². The van der Waals surface area contributed by atoms with Gasteiger partial charge < -0.3 is 14.2 Å². The van der Waals surface area contributed by atoms with Gasteiger partial charge in [-0.3, -0.25) is 0 Å². The predicted molar refractivity (Wildman–Crippen MR) is 67.2 cm³/mol. The molecular weight excluding hydrogens is 232 g/mol. The fourth-order valence-corrected chi connectivity index (χ4v) is 1.85. The third-order valence-electron chi connectivity index (χ3n) is 2.69. The molecule has 0 aromatic heterocycles. The lowest BCUT2D eigenvalue weighted by atomic mass is 10.0. The van der Waals surface area contributed by atoms with Crippen molar-refractivity contribution < 1.29 is 19.0 Å². The van der Waals surface area contributed by atoms with Gasteiger partial charge in [0.2, 0.25) is 6.29 Å². The van der Waals surface area contributed by atoms with E-state index in [0.717, 1.165) is 11.1 Å². The Morgan fingerprint density at radius 3 is 2.89 bits per heavy atom. The SMILES string of the molecule is CCOC(=O)C1=Cc2cc(C)ccc2OC1OC. The highest BCUT2D eigenvalue weighted by atomic mass is 16.7. The minimum atomic E-state index is -0.709. The van der Waals surface area contributed by atoms with E-state index in [-0.39, 0.29) is 0 Å². The number of aryl methyl sites for hydroxylation is 1. The molecule has 18 heavy (non-hydrogen) atoms. The molecule has 0 aliphatic carbocycles. The number of hydrogen-bond acceptors (Lipinski definition) is 4. The highest BCUT2D eigenvalue weighted by Gasteiger charge is 2.28. The van der Waals surface area contributed by atoms with Crippen molar-refractivity contribution in [2.24, 2.45) is 0 Å².